The van der Waals surface area contributed by atoms with Gasteiger partial charge in [-0.15, -0.1) is 11.8 Å². The maximum atomic E-state index is 7.09. The van der Waals surface area contributed by atoms with Crippen LogP contribution in [0.1, 0.15) is 0 Å². The SMILES string of the molecule is C=CNCC(=N)SC. The smallest absolute Gasteiger partial charge is 0.0830 e. The molecular formula is C5H10N2S. The van der Waals surface area contributed by atoms with Crippen molar-refractivity contribution in [1.29, 1.82) is 5.41 Å². The van der Waals surface area contributed by atoms with E-state index >= 15 is 0 Å². The third-order valence-corrected chi connectivity index (χ3v) is 1.29. The average Bonchev–Trinajstić information content (AvgIpc) is 1.83. The monoisotopic (exact) mass is 130 g/mol. The molecule has 46 valence electrons. The minimum Gasteiger partial charge on any atom is -0.385 e. The molecule has 0 atom stereocenters. The summed E-state index contributed by atoms with van der Waals surface area (Å²) in [5.74, 6) is 0. The van der Waals surface area contributed by atoms with Gasteiger partial charge >= 0.3 is 0 Å². The Balaban J connectivity index is 3.11. The number of rotatable bonds is 3. The molecule has 0 unspecified atom stereocenters. The standard InChI is InChI=1S/C5H10N2S/c1-3-7-4-5(6)8-2/h3,6-7H,1,4H2,2H3. The summed E-state index contributed by atoms with van der Waals surface area (Å²) in [7, 11) is 0. The van der Waals surface area contributed by atoms with Gasteiger partial charge in [0.25, 0.3) is 0 Å². The highest BCUT2D eigenvalue weighted by Crippen LogP contribution is 1.91. The largest absolute Gasteiger partial charge is 0.385 e. The molecule has 0 radical (unpaired) electrons. The van der Waals surface area contributed by atoms with Crippen LogP contribution >= 0.6 is 11.8 Å². The Bertz CT molecular complexity index is 90.4. The Labute approximate surface area is 53.9 Å². The second-order valence-corrected chi connectivity index (χ2v) is 2.11. The highest BCUT2D eigenvalue weighted by Gasteiger charge is 1.86. The van der Waals surface area contributed by atoms with E-state index in [1.807, 2.05) is 6.26 Å². The van der Waals surface area contributed by atoms with Crippen LogP contribution in [0.5, 0.6) is 0 Å². The van der Waals surface area contributed by atoms with Gasteiger partial charge in [0, 0.05) is 0 Å². The minimum atomic E-state index is 0.602. The van der Waals surface area contributed by atoms with Crippen molar-refractivity contribution in [2.24, 2.45) is 0 Å². The van der Waals surface area contributed by atoms with Gasteiger partial charge in [-0.3, -0.25) is 5.41 Å². The average molecular weight is 130 g/mol. The van der Waals surface area contributed by atoms with E-state index < -0.39 is 0 Å². The van der Waals surface area contributed by atoms with E-state index in [0.29, 0.717) is 11.6 Å². The normalized spacial score (nSPS) is 8.12. The van der Waals surface area contributed by atoms with E-state index in [4.69, 9.17) is 5.41 Å². The molecule has 2 N–H and O–H groups in total. The van der Waals surface area contributed by atoms with Gasteiger partial charge in [-0.25, -0.2) is 0 Å². The summed E-state index contributed by atoms with van der Waals surface area (Å²) in [5, 5.41) is 10.5. The Morgan fingerprint density at radius 1 is 2.00 bits per heavy atom. The van der Waals surface area contributed by atoms with Crippen molar-refractivity contribution in [3.05, 3.63) is 12.8 Å². The Hall–Kier alpha value is -0.440. The van der Waals surface area contributed by atoms with Crippen LogP contribution in [0, 0.1) is 5.41 Å². The molecule has 0 spiro atoms. The molecule has 0 aliphatic heterocycles. The predicted octanol–water partition coefficient (Wildman–Crippen LogP) is 1.06. The molecule has 0 saturated heterocycles. The van der Waals surface area contributed by atoms with E-state index in [-0.39, 0.29) is 0 Å². The Kier molecular flexibility index (Phi) is 4.45. The van der Waals surface area contributed by atoms with Crippen molar-refractivity contribution >= 4 is 16.8 Å². The van der Waals surface area contributed by atoms with Gasteiger partial charge in [-0.2, -0.15) is 0 Å². The van der Waals surface area contributed by atoms with Crippen LogP contribution < -0.4 is 5.32 Å². The molecule has 0 aliphatic carbocycles. The molecule has 0 heterocycles. The van der Waals surface area contributed by atoms with Crippen molar-refractivity contribution in [1.82, 2.24) is 5.32 Å². The lowest BCUT2D eigenvalue weighted by Crippen LogP contribution is -2.13. The topological polar surface area (TPSA) is 35.9 Å². The lowest BCUT2D eigenvalue weighted by atomic mass is 10.7. The molecular weight excluding hydrogens is 120 g/mol. The molecule has 0 amide bonds. The van der Waals surface area contributed by atoms with Crippen LogP contribution in [-0.2, 0) is 0 Å². The Morgan fingerprint density at radius 2 is 2.62 bits per heavy atom. The van der Waals surface area contributed by atoms with Crippen LogP contribution in [-0.4, -0.2) is 17.8 Å². The van der Waals surface area contributed by atoms with Crippen molar-refractivity contribution in [3.63, 3.8) is 0 Å². The van der Waals surface area contributed by atoms with E-state index in [0.717, 1.165) is 0 Å². The summed E-state index contributed by atoms with van der Waals surface area (Å²) >= 11 is 1.44. The zero-order valence-corrected chi connectivity index (χ0v) is 5.72. The number of hydrogen-bond donors (Lipinski definition) is 2. The van der Waals surface area contributed by atoms with Crippen molar-refractivity contribution in [2.75, 3.05) is 12.8 Å². The molecule has 0 aromatic carbocycles. The minimum absolute atomic E-state index is 0.602. The van der Waals surface area contributed by atoms with Crippen LogP contribution in [0.3, 0.4) is 0 Å². The van der Waals surface area contributed by atoms with Crippen LogP contribution in [0.15, 0.2) is 12.8 Å². The summed E-state index contributed by atoms with van der Waals surface area (Å²) in [5.41, 5.74) is 0. The zero-order valence-electron chi connectivity index (χ0n) is 4.90. The van der Waals surface area contributed by atoms with Crippen LogP contribution in [0.2, 0.25) is 0 Å². The fourth-order valence-corrected chi connectivity index (χ4v) is 0.465. The molecule has 0 aromatic heterocycles. The summed E-state index contributed by atoms with van der Waals surface area (Å²) in [6.45, 7) is 4.05. The molecule has 0 bridgehead atoms. The Morgan fingerprint density at radius 3 is 3.00 bits per heavy atom. The van der Waals surface area contributed by atoms with E-state index in [1.165, 1.54) is 11.8 Å². The van der Waals surface area contributed by atoms with Gasteiger partial charge in [0.2, 0.25) is 0 Å². The van der Waals surface area contributed by atoms with E-state index in [1.54, 1.807) is 6.20 Å². The summed E-state index contributed by atoms with van der Waals surface area (Å²) in [6.07, 6.45) is 3.47. The number of hydrogen-bond acceptors (Lipinski definition) is 3. The summed E-state index contributed by atoms with van der Waals surface area (Å²) < 4.78 is 0. The number of thioether (sulfide) groups is 1. The second kappa shape index (κ2) is 4.71. The first kappa shape index (κ1) is 7.56. The number of nitrogens with one attached hydrogen (secondary N) is 2. The maximum Gasteiger partial charge on any atom is 0.0830 e. The molecule has 0 aliphatic rings. The molecule has 0 fully saturated rings. The van der Waals surface area contributed by atoms with E-state index in [2.05, 4.69) is 11.9 Å². The fraction of sp³-hybridized carbons (Fsp3) is 0.400. The molecule has 0 rings (SSSR count). The first-order valence-corrected chi connectivity index (χ1v) is 3.49. The highest BCUT2D eigenvalue weighted by atomic mass is 32.2. The third-order valence-electron chi connectivity index (χ3n) is 0.653. The van der Waals surface area contributed by atoms with Gasteiger partial charge in [0.1, 0.15) is 0 Å². The lowest BCUT2D eigenvalue weighted by molar-refractivity contribution is 1.03. The van der Waals surface area contributed by atoms with E-state index in [9.17, 15) is 0 Å². The quantitative estimate of drug-likeness (QED) is 0.442. The lowest BCUT2D eigenvalue weighted by Gasteiger charge is -1.96. The highest BCUT2D eigenvalue weighted by molar-refractivity contribution is 8.13. The first-order valence-electron chi connectivity index (χ1n) is 2.27. The summed E-state index contributed by atoms with van der Waals surface area (Å²) in [6, 6.07) is 0. The fourth-order valence-electron chi connectivity index (χ4n) is 0.237. The van der Waals surface area contributed by atoms with Crippen molar-refractivity contribution in [3.8, 4) is 0 Å². The van der Waals surface area contributed by atoms with Crippen molar-refractivity contribution < 1.29 is 0 Å². The maximum absolute atomic E-state index is 7.09. The molecule has 2 nitrogen and oxygen atoms in total. The van der Waals surface area contributed by atoms with Gasteiger partial charge in [-0.1, -0.05) is 6.58 Å². The molecule has 3 heteroatoms. The van der Waals surface area contributed by atoms with Gasteiger partial charge in [0.05, 0.1) is 11.6 Å². The molecule has 0 aromatic rings. The first-order chi connectivity index (χ1) is 3.81. The van der Waals surface area contributed by atoms with Crippen LogP contribution in [0.4, 0.5) is 0 Å². The van der Waals surface area contributed by atoms with Gasteiger partial charge in [-0.05, 0) is 12.5 Å². The third kappa shape index (κ3) is 3.74. The predicted molar refractivity (Wildman–Crippen MR) is 39.4 cm³/mol. The van der Waals surface area contributed by atoms with Crippen LogP contribution in [0.25, 0.3) is 0 Å². The van der Waals surface area contributed by atoms with Crippen molar-refractivity contribution in [2.45, 2.75) is 0 Å². The second-order valence-electron chi connectivity index (χ2n) is 1.21. The molecule has 0 saturated carbocycles. The summed E-state index contributed by atoms with van der Waals surface area (Å²) in [4.78, 5) is 0. The van der Waals surface area contributed by atoms with Gasteiger partial charge < -0.3 is 5.32 Å². The zero-order chi connectivity index (χ0) is 6.41. The molecule has 8 heavy (non-hydrogen) atoms. The van der Waals surface area contributed by atoms with Gasteiger partial charge in [0.15, 0.2) is 0 Å².